The molecule has 2 aromatic rings. The molecule has 1 aromatic heterocycles. The van der Waals surface area contributed by atoms with E-state index >= 15 is 0 Å². The number of fused-ring (bicyclic) bond motifs is 1. The molecule has 1 heterocycles. The molecule has 0 aliphatic carbocycles. The van der Waals surface area contributed by atoms with Gasteiger partial charge in [-0.1, -0.05) is 0 Å². The van der Waals surface area contributed by atoms with E-state index in [9.17, 15) is 14.5 Å². The number of hydrogen-bond donors (Lipinski definition) is 1. The van der Waals surface area contributed by atoms with E-state index in [0.717, 1.165) is 6.20 Å². The number of aromatic nitrogens is 1. The lowest BCUT2D eigenvalue weighted by atomic mass is 10.1. The summed E-state index contributed by atoms with van der Waals surface area (Å²) in [5, 5.41) is 10.7. The summed E-state index contributed by atoms with van der Waals surface area (Å²) in [5.74, 6) is 0.0344. The Morgan fingerprint density at radius 3 is 2.94 bits per heavy atom. The molecule has 1 aromatic carbocycles. The molecule has 0 spiro atoms. The van der Waals surface area contributed by atoms with Gasteiger partial charge >= 0.3 is 0 Å². The first-order chi connectivity index (χ1) is 8.13. The molecule has 0 unspecified atom stereocenters. The van der Waals surface area contributed by atoms with Crippen LogP contribution in [0.1, 0.15) is 5.56 Å². The monoisotopic (exact) mass is 236 g/mol. The lowest BCUT2D eigenvalue weighted by molar-refractivity contribution is -0.400. The van der Waals surface area contributed by atoms with Crippen molar-refractivity contribution in [1.82, 2.24) is 4.98 Å². The fraction of sp³-hybridized carbons (Fsp3) is 0.0909. The number of nitrogens with zero attached hydrogens (tertiary/aromatic N) is 1. The second kappa shape index (κ2) is 4.25. The molecule has 0 saturated carbocycles. The quantitative estimate of drug-likeness (QED) is 0.657. The largest absolute Gasteiger partial charge is 0.496 e. The van der Waals surface area contributed by atoms with Crippen molar-refractivity contribution in [2.75, 3.05) is 7.11 Å². The molecule has 0 saturated heterocycles. The molecule has 0 fully saturated rings. The van der Waals surface area contributed by atoms with Gasteiger partial charge in [-0.25, -0.2) is 4.39 Å². The van der Waals surface area contributed by atoms with E-state index in [0.29, 0.717) is 16.7 Å². The van der Waals surface area contributed by atoms with Gasteiger partial charge in [0.05, 0.1) is 22.9 Å². The summed E-state index contributed by atoms with van der Waals surface area (Å²) >= 11 is 0. The lowest BCUT2D eigenvalue weighted by Gasteiger charge is -2.02. The number of nitro groups is 1. The summed E-state index contributed by atoms with van der Waals surface area (Å²) in [6.07, 6.45) is 3.59. The van der Waals surface area contributed by atoms with Crippen LogP contribution in [0.15, 0.2) is 24.5 Å². The van der Waals surface area contributed by atoms with Gasteiger partial charge in [-0.3, -0.25) is 10.1 Å². The number of aromatic amines is 1. The number of rotatable bonds is 3. The highest BCUT2D eigenvalue weighted by Crippen LogP contribution is 2.31. The van der Waals surface area contributed by atoms with E-state index in [1.807, 2.05) is 0 Å². The fourth-order valence-corrected chi connectivity index (χ4v) is 1.65. The van der Waals surface area contributed by atoms with Crippen LogP contribution in [0.4, 0.5) is 4.39 Å². The van der Waals surface area contributed by atoms with E-state index in [1.165, 1.54) is 31.5 Å². The standard InChI is InChI=1S/C11H9FN2O3/c1-17-9-3-2-8(12)11-10(9)7(6-13-11)4-5-14(15)16/h2-6,13H,1H3/b5-4+. The second-order valence-corrected chi connectivity index (χ2v) is 3.34. The molecule has 88 valence electrons. The van der Waals surface area contributed by atoms with Crippen LogP contribution < -0.4 is 4.74 Å². The molecule has 0 amide bonds. The van der Waals surface area contributed by atoms with E-state index in [4.69, 9.17) is 4.74 Å². The highest BCUT2D eigenvalue weighted by Gasteiger charge is 2.11. The number of H-pyrrole nitrogens is 1. The Morgan fingerprint density at radius 1 is 1.53 bits per heavy atom. The third-order valence-electron chi connectivity index (χ3n) is 2.37. The van der Waals surface area contributed by atoms with E-state index in [2.05, 4.69) is 4.98 Å². The number of halogens is 1. The van der Waals surface area contributed by atoms with Crippen molar-refractivity contribution in [2.24, 2.45) is 0 Å². The molecule has 2 rings (SSSR count). The summed E-state index contributed by atoms with van der Waals surface area (Å²) in [6, 6.07) is 2.76. The van der Waals surface area contributed by atoms with Gasteiger partial charge < -0.3 is 9.72 Å². The molecule has 0 bridgehead atoms. The van der Waals surface area contributed by atoms with Crippen molar-refractivity contribution in [3.63, 3.8) is 0 Å². The van der Waals surface area contributed by atoms with Gasteiger partial charge in [0, 0.05) is 17.8 Å². The maximum absolute atomic E-state index is 13.5. The molecular weight excluding hydrogens is 227 g/mol. The molecule has 0 aliphatic heterocycles. The van der Waals surface area contributed by atoms with Gasteiger partial charge in [0.15, 0.2) is 0 Å². The van der Waals surface area contributed by atoms with Gasteiger partial charge in [-0.05, 0) is 12.1 Å². The Balaban J connectivity index is 2.65. The predicted octanol–water partition coefficient (Wildman–Crippen LogP) is 2.56. The number of benzene rings is 1. The first-order valence-corrected chi connectivity index (χ1v) is 4.78. The molecular formula is C11H9FN2O3. The number of hydrogen-bond acceptors (Lipinski definition) is 3. The fourth-order valence-electron chi connectivity index (χ4n) is 1.65. The van der Waals surface area contributed by atoms with Crippen LogP contribution in [0.25, 0.3) is 17.0 Å². The van der Waals surface area contributed by atoms with Crippen LogP contribution in [0.3, 0.4) is 0 Å². The van der Waals surface area contributed by atoms with Crippen molar-refractivity contribution >= 4 is 17.0 Å². The molecule has 1 N–H and O–H groups in total. The Bertz CT molecular complexity index is 604. The van der Waals surface area contributed by atoms with Crippen LogP contribution in [0, 0.1) is 15.9 Å². The Morgan fingerprint density at radius 2 is 2.29 bits per heavy atom. The second-order valence-electron chi connectivity index (χ2n) is 3.34. The molecule has 6 heteroatoms. The number of nitrogens with one attached hydrogen (secondary N) is 1. The zero-order valence-electron chi connectivity index (χ0n) is 8.94. The summed E-state index contributed by atoms with van der Waals surface area (Å²) in [6.45, 7) is 0. The first kappa shape index (κ1) is 11.1. The molecule has 0 atom stereocenters. The van der Waals surface area contributed by atoms with Gasteiger partial charge in [0.1, 0.15) is 11.6 Å². The van der Waals surface area contributed by atoms with E-state index in [1.54, 1.807) is 0 Å². The Kier molecular flexibility index (Phi) is 2.78. The first-order valence-electron chi connectivity index (χ1n) is 4.78. The molecule has 0 aliphatic rings. The van der Waals surface area contributed by atoms with Gasteiger partial charge in [0.2, 0.25) is 6.20 Å². The minimum Gasteiger partial charge on any atom is -0.496 e. The Hall–Kier alpha value is -2.37. The summed E-state index contributed by atoms with van der Waals surface area (Å²) in [5.41, 5.74) is 0.778. The van der Waals surface area contributed by atoms with Crippen LogP contribution >= 0.6 is 0 Å². The minimum absolute atomic E-state index is 0.271. The highest BCUT2D eigenvalue weighted by atomic mass is 19.1. The topological polar surface area (TPSA) is 68.2 Å². The maximum Gasteiger partial charge on any atom is 0.235 e. The summed E-state index contributed by atoms with van der Waals surface area (Å²) < 4.78 is 18.6. The SMILES string of the molecule is COc1ccc(F)c2[nH]cc(/C=C/[N+](=O)[O-])c12. The lowest BCUT2D eigenvalue weighted by Crippen LogP contribution is -1.87. The Labute approximate surface area is 95.7 Å². The number of ether oxygens (including phenoxy) is 1. The average Bonchev–Trinajstić information content (AvgIpc) is 2.72. The van der Waals surface area contributed by atoms with Gasteiger partial charge in [-0.15, -0.1) is 0 Å². The zero-order valence-corrected chi connectivity index (χ0v) is 8.94. The molecule has 5 nitrogen and oxygen atoms in total. The van der Waals surface area contributed by atoms with E-state index in [-0.39, 0.29) is 5.52 Å². The minimum atomic E-state index is -0.579. The third-order valence-corrected chi connectivity index (χ3v) is 2.37. The van der Waals surface area contributed by atoms with Crippen molar-refractivity contribution in [1.29, 1.82) is 0 Å². The summed E-state index contributed by atoms with van der Waals surface area (Å²) in [4.78, 5) is 12.4. The van der Waals surface area contributed by atoms with Crippen molar-refractivity contribution in [3.8, 4) is 5.75 Å². The molecule has 17 heavy (non-hydrogen) atoms. The maximum atomic E-state index is 13.5. The van der Waals surface area contributed by atoms with Gasteiger partial charge in [-0.2, -0.15) is 0 Å². The predicted molar refractivity (Wildman–Crippen MR) is 60.8 cm³/mol. The highest BCUT2D eigenvalue weighted by molar-refractivity contribution is 5.94. The van der Waals surface area contributed by atoms with Crippen molar-refractivity contribution in [2.45, 2.75) is 0 Å². The van der Waals surface area contributed by atoms with Crippen LogP contribution in [0.2, 0.25) is 0 Å². The van der Waals surface area contributed by atoms with E-state index < -0.39 is 10.7 Å². The molecule has 0 radical (unpaired) electrons. The van der Waals surface area contributed by atoms with Crippen molar-refractivity contribution in [3.05, 3.63) is 46.0 Å². The smallest absolute Gasteiger partial charge is 0.235 e. The van der Waals surface area contributed by atoms with Crippen LogP contribution in [-0.4, -0.2) is 17.0 Å². The van der Waals surface area contributed by atoms with Crippen LogP contribution in [0.5, 0.6) is 5.75 Å². The normalized spacial score (nSPS) is 11.2. The zero-order chi connectivity index (χ0) is 12.4. The third kappa shape index (κ3) is 1.96. The van der Waals surface area contributed by atoms with Crippen LogP contribution in [-0.2, 0) is 0 Å². The number of methoxy groups -OCH3 is 1. The summed E-state index contributed by atoms with van der Waals surface area (Å²) in [7, 11) is 1.46. The van der Waals surface area contributed by atoms with Crippen molar-refractivity contribution < 1.29 is 14.1 Å². The average molecular weight is 236 g/mol. The van der Waals surface area contributed by atoms with Gasteiger partial charge in [0.25, 0.3) is 0 Å².